The molecule has 2 rings (SSSR count). The molecule has 0 saturated heterocycles. The molecule has 0 aromatic heterocycles. The van der Waals surface area contributed by atoms with Gasteiger partial charge in [-0.25, -0.2) is 0 Å². The second-order valence-corrected chi connectivity index (χ2v) is 7.81. The quantitative estimate of drug-likeness (QED) is 0.189. The van der Waals surface area contributed by atoms with Gasteiger partial charge in [0.2, 0.25) is 0 Å². The van der Waals surface area contributed by atoms with Gasteiger partial charge in [-0.2, -0.15) is 0 Å². The smallest absolute Gasteiger partial charge is 0.268 e. The lowest BCUT2D eigenvalue weighted by Crippen LogP contribution is -2.65. The van der Waals surface area contributed by atoms with Crippen LogP contribution in [0.4, 0.5) is 0 Å². The van der Waals surface area contributed by atoms with Crippen molar-refractivity contribution in [2.24, 2.45) is 0 Å². The van der Waals surface area contributed by atoms with Gasteiger partial charge in [0.1, 0.15) is 73.2 Å². The zero-order valence-corrected chi connectivity index (χ0v) is 14.4. The van der Waals surface area contributed by atoms with Crippen molar-refractivity contribution in [1.82, 2.24) is 0 Å². The molecule has 2 aliphatic rings. The van der Waals surface area contributed by atoms with Crippen molar-refractivity contribution in [2.45, 2.75) is 73.2 Å². The predicted molar refractivity (Wildman–Crippen MR) is 77.4 cm³/mol. The van der Waals surface area contributed by atoms with Crippen LogP contribution in [0.1, 0.15) is 0 Å². The number of hydrogen-bond donors (Lipinski definition) is 10. The second-order valence-electron chi connectivity index (χ2n) is 6.49. The fraction of sp³-hybridized carbons (Fsp3) is 1.00. The van der Waals surface area contributed by atoms with E-state index in [0.717, 1.165) is 0 Å². The van der Waals surface area contributed by atoms with Crippen molar-refractivity contribution >= 4 is 7.82 Å². The molecule has 0 spiro atoms. The number of phosphoric acid groups is 1. The molecule has 14 nitrogen and oxygen atoms in total. The lowest BCUT2D eigenvalue weighted by Gasteiger charge is -2.46. The van der Waals surface area contributed by atoms with Gasteiger partial charge in [0.15, 0.2) is 0 Å². The van der Waals surface area contributed by atoms with Crippen LogP contribution in [0.5, 0.6) is 0 Å². The Morgan fingerprint density at radius 1 is 0.481 bits per heavy atom. The van der Waals surface area contributed by atoms with Crippen LogP contribution in [-0.4, -0.2) is 124 Å². The monoisotopic (exact) mass is 421 g/mol. The highest BCUT2D eigenvalue weighted by molar-refractivity contribution is 7.45. The van der Waals surface area contributed by atoms with Gasteiger partial charge in [-0.3, -0.25) is 4.57 Å². The molecule has 0 heterocycles. The zero-order chi connectivity index (χ0) is 20.8. The summed E-state index contributed by atoms with van der Waals surface area (Å²) in [5.74, 6) is 0. The Balaban J connectivity index is 2.15. The Hall–Kier alpha value is -0.290. The SMILES string of the molecule is O=P([O-])(OC1C(O)C(O)C(O)[C@@H](O)C1O)OC1C(O)C(O)C(O)C(O)[C@H]1O. The van der Waals surface area contributed by atoms with E-state index in [9.17, 15) is 60.5 Å². The first-order chi connectivity index (χ1) is 12.3. The van der Waals surface area contributed by atoms with E-state index in [4.69, 9.17) is 0 Å². The molecule has 0 aromatic carbocycles. The lowest BCUT2D eigenvalue weighted by molar-refractivity contribution is -0.278. The Kier molecular flexibility index (Phi) is 7.00. The largest absolute Gasteiger partial charge is 0.756 e. The Bertz CT molecular complexity index is 486. The van der Waals surface area contributed by atoms with Gasteiger partial charge in [0, 0.05) is 0 Å². The highest BCUT2D eigenvalue weighted by Gasteiger charge is 2.53. The van der Waals surface area contributed by atoms with Crippen LogP contribution in [0.3, 0.4) is 0 Å². The molecule has 10 N–H and O–H groups in total. The minimum absolute atomic E-state index is 2.00. The summed E-state index contributed by atoms with van der Waals surface area (Å²) in [6, 6.07) is 0. The summed E-state index contributed by atoms with van der Waals surface area (Å²) in [5, 5.41) is 96.0. The van der Waals surface area contributed by atoms with E-state index in [1.54, 1.807) is 0 Å². The zero-order valence-electron chi connectivity index (χ0n) is 13.5. The van der Waals surface area contributed by atoms with Crippen molar-refractivity contribution in [3.63, 3.8) is 0 Å². The molecule has 13 atom stereocenters. The minimum atomic E-state index is -5.62. The van der Waals surface area contributed by atoms with Crippen LogP contribution in [-0.2, 0) is 13.6 Å². The van der Waals surface area contributed by atoms with E-state index >= 15 is 0 Å². The molecule has 0 bridgehead atoms. The first-order valence-electron chi connectivity index (χ1n) is 7.78. The first kappa shape index (κ1) is 23.0. The van der Waals surface area contributed by atoms with Crippen LogP contribution in [0.2, 0.25) is 0 Å². The minimum Gasteiger partial charge on any atom is -0.756 e. The van der Waals surface area contributed by atoms with Crippen molar-refractivity contribution in [3.05, 3.63) is 0 Å². The Morgan fingerprint density at radius 3 is 0.889 bits per heavy atom. The maximum Gasteiger partial charge on any atom is 0.268 e. The second kappa shape index (κ2) is 8.22. The summed E-state index contributed by atoms with van der Waals surface area (Å²) < 4.78 is 20.8. The third-order valence-electron chi connectivity index (χ3n) is 4.65. The van der Waals surface area contributed by atoms with Crippen molar-refractivity contribution < 1.29 is 69.6 Å². The molecule has 11 unspecified atom stereocenters. The van der Waals surface area contributed by atoms with Crippen molar-refractivity contribution in [2.75, 3.05) is 0 Å². The standard InChI is InChI=1S/C12H23O14P/c13-1-3(15)7(19)11(8(20)4(1)16)25-27(23,24)26-12-9(21)5(17)2(14)6(18)10(12)22/h1-22H,(H,23,24)/p-1/t1?,2?,3-,4?,5?,6?,7?,8?,9-,10?,11?,12?/m1/s1. The molecule has 2 fully saturated rings. The van der Waals surface area contributed by atoms with E-state index in [0.29, 0.717) is 0 Å². The number of aliphatic hydroxyl groups excluding tert-OH is 10. The number of hydrogen-bond acceptors (Lipinski definition) is 14. The number of rotatable bonds is 4. The highest BCUT2D eigenvalue weighted by atomic mass is 31.2. The molecular formula is C12H22O14P-. The summed E-state index contributed by atoms with van der Waals surface area (Å²) in [6.45, 7) is 0. The van der Waals surface area contributed by atoms with Gasteiger partial charge in [-0.1, -0.05) is 0 Å². The highest BCUT2D eigenvalue weighted by Crippen LogP contribution is 2.46. The fourth-order valence-electron chi connectivity index (χ4n) is 2.97. The number of aliphatic hydroxyl groups is 10. The molecule has 27 heavy (non-hydrogen) atoms. The molecule has 2 saturated carbocycles. The fourth-order valence-corrected chi connectivity index (χ4v) is 4.11. The number of phosphoric ester groups is 1. The third kappa shape index (κ3) is 4.34. The Morgan fingerprint density at radius 2 is 0.667 bits per heavy atom. The van der Waals surface area contributed by atoms with Crippen LogP contribution in [0.25, 0.3) is 0 Å². The molecular weight excluding hydrogens is 399 g/mol. The molecule has 15 heteroatoms. The predicted octanol–water partition coefficient (Wildman–Crippen LogP) is -7.14. The molecule has 160 valence electrons. The van der Waals surface area contributed by atoms with E-state index in [2.05, 4.69) is 9.05 Å². The van der Waals surface area contributed by atoms with E-state index in [1.807, 2.05) is 0 Å². The average Bonchev–Trinajstić information content (AvgIpc) is 2.62. The molecule has 0 aromatic rings. The van der Waals surface area contributed by atoms with E-state index in [1.165, 1.54) is 0 Å². The molecule has 0 radical (unpaired) electrons. The maximum atomic E-state index is 12.0. The summed E-state index contributed by atoms with van der Waals surface area (Å²) >= 11 is 0. The summed E-state index contributed by atoms with van der Waals surface area (Å²) in [7, 11) is -5.62. The van der Waals surface area contributed by atoms with Gasteiger partial charge >= 0.3 is 0 Å². The van der Waals surface area contributed by atoms with Crippen LogP contribution in [0, 0.1) is 0 Å². The molecule has 2 aliphatic carbocycles. The van der Waals surface area contributed by atoms with Gasteiger partial charge in [0.05, 0.1) is 0 Å². The average molecular weight is 421 g/mol. The van der Waals surface area contributed by atoms with Gasteiger partial charge in [-0.15, -0.1) is 0 Å². The maximum absolute atomic E-state index is 12.0. The van der Waals surface area contributed by atoms with Gasteiger partial charge in [0.25, 0.3) is 7.82 Å². The molecule has 0 amide bonds. The van der Waals surface area contributed by atoms with E-state index in [-0.39, 0.29) is 0 Å². The van der Waals surface area contributed by atoms with Gasteiger partial charge < -0.3 is 65.0 Å². The third-order valence-corrected chi connectivity index (χ3v) is 5.65. The van der Waals surface area contributed by atoms with Crippen molar-refractivity contribution in [3.8, 4) is 0 Å². The Labute approximate surface area is 151 Å². The lowest BCUT2D eigenvalue weighted by atomic mass is 9.85. The van der Waals surface area contributed by atoms with Crippen LogP contribution >= 0.6 is 7.82 Å². The van der Waals surface area contributed by atoms with Crippen molar-refractivity contribution in [1.29, 1.82) is 0 Å². The van der Waals surface area contributed by atoms with E-state index < -0.39 is 81.1 Å². The summed E-state index contributed by atoms with van der Waals surface area (Å²) in [6.07, 6.45) is -25.4. The molecule has 0 aliphatic heterocycles. The summed E-state index contributed by atoms with van der Waals surface area (Å²) in [5.41, 5.74) is 0. The summed E-state index contributed by atoms with van der Waals surface area (Å²) in [4.78, 5) is 12.0. The van der Waals surface area contributed by atoms with Crippen LogP contribution in [0.15, 0.2) is 0 Å². The topological polar surface area (TPSA) is 261 Å². The van der Waals surface area contributed by atoms with Crippen LogP contribution < -0.4 is 4.89 Å². The van der Waals surface area contributed by atoms with Gasteiger partial charge in [-0.05, 0) is 0 Å². The normalized spacial score (nSPS) is 53.7. The first-order valence-corrected chi connectivity index (χ1v) is 9.24.